The highest BCUT2D eigenvalue weighted by molar-refractivity contribution is 5.87. The van der Waals surface area contributed by atoms with Crippen LogP contribution < -0.4 is 4.74 Å². The van der Waals surface area contributed by atoms with Gasteiger partial charge in [0.2, 0.25) is 0 Å². The molecule has 4 heteroatoms. The third-order valence-corrected chi connectivity index (χ3v) is 3.91. The van der Waals surface area contributed by atoms with Crippen molar-refractivity contribution < 1.29 is 19.7 Å². The van der Waals surface area contributed by atoms with Crippen LogP contribution in [0.1, 0.15) is 74.6 Å². The molecule has 0 fully saturated rings. The molecule has 1 rings (SSSR count). The topological polar surface area (TPSA) is 66.4 Å². The maximum Gasteiger partial charge on any atom is 0.386 e. The van der Waals surface area contributed by atoms with Crippen molar-refractivity contribution in [3.05, 3.63) is 29.8 Å². The van der Waals surface area contributed by atoms with E-state index < -0.39 is 5.97 Å². The molecule has 0 aliphatic heterocycles. The van der Waals surface area contributed by atoms with Gasteiger partial charge in [-0.15, -0.1) is 0 Å². The lowest BCUT2D eigenvalue weighted by molar-refractivity contribution is 0.0573. The van der Waals surface area contributed by atoms with Crippen molar-refractivity contribution in [2.75, 3.05) is 13.2 Å². The normalized spacial score (nSPS) is 10.7. The summed E-state index contributed by atoms with van der Waals surface area (Å²) in [7, 11) is 0. The molecule has 0 aliphatic carbocycles. The summed E-state index contributed by atoms with van der Waals surface area (Å²) in [6, 6.07) is 6.35. The second kappa shape index (κ2) is 12.9. The van der Waals surface area contributed by atoms with Gasteiger partial charge in [-0.05, 0) is 37.1 Å². The fraction of sp³-hybridized carbons (Fsp3) is 0.632. The molecule has 0 atom stereocenters. The minimum absolute atomic E-state index is 0.175. The Bertz CT molecular complexity index is 414. The van der Waals surface area contributed by atoms with E-state index in [4.69, 9.17) is 9.84 Å². The quantitative estimate of drug-likeness (QED) is 0.512. The first-order valence-corrected chi connectivity index (χ1v) is 8.79. The molecule has 0 saturated heterocycles. The smallest absolute Gasteiger partial charge is 0.386 e. The van der Waals surface area contributed by atoms with Crippen molar-refractivity contribution in [3.63, 3.8) is 0 Å². The number of benzene rings is 1. The Morgan fingerprint density at radius 2 is 1.26 bits per heavy atom. The zero-order valence-corrected chi connectivity index (χ0v) is 14.0. The van der Waals surface area contributed by atoms with Gasteiger partial charge in [0, 0.05) is 6.61 Å². The average molecular weight is 321 g/mol. The zero-order valence-electron chi connectivity index (χ0n) is 14.0. The van der Waals surface area contributed by atoms with Gasteiger partial charge in [0.1, 0.15) is 5.75 Å². The van der Waals surface area contributed by atoms with Crippen LogP contribution in [0.2, 0.25) is 0 Å². The lowest BCUT2D eigenvalue weighted by atomic mass is 10.1. The van der Waals surface area contributed by atoms with Crippen LogP contribution in [-0.4, -0.2) is 24.3 Å². The fourth-order valence-corrected chi connectivity index (χ4v) is 2.51. The van der Waals surface area contributed by atoms with Crippen LogP contribution in [0, 0.1) is 0 Å². The van der Waals surface area contributed by atoms with Crippen LogP contribution in [0.3, 0.4) is 0 Å². The van der Waals surface area contributed by atoms with Gasteiger partial charge in [-0.1, -0.05) is 51.4 Å². The molecule has 129 valence electrons. The van der Waals surface area contributed by atoms with Gasteiger partial charge < -0.3 is 9.84 Å². The van der Waals surface area contributed by atoms with E-state index in [9.17, 15) is 9.90 Å². The highest BCUT2D eigenvalue weighted by Crippen LogP contribution is 2.14. The van der Waals surface area contributed by atoms with Crippen LogP contribution in [0.25, 0.3) is 0 Å². The third kappa shape index (κ3) is 9.95. The van der Waals surface area contributed by atoms with Crippen molar-refractivity contribution in [1.29, 1.82) is 0 Å². The van der Waals surface area contributed by atoms with E-state index in [-0.39, 0.29) is 5.56 Å². The molecule has 0 spiro atoms. The molecule has 0 heterocycles. The highest BCUT2D eigenvalue weighted by Gasteiger charge is 2.04. The van der Waals surface area contributed by atoms with Crippen LogP contribution >= 0.6 is 0 Å². The second-order valence-corrected chi connectivity index (χ2v) is 5.92. The first kappa shape index (κ1) is 19.5. The molecular formula is C19H29O4. The predicted molar refractivity (Wildman–Crippen MR) is 90.2 cm³/mol. The summed E-state index contributed by atoms with van der Waals surface area (Å²) in [5.74, 6) is -0.456. The summed E-state index contributed by atoms with van der Waals surface area (Å²) in [4.78, 5) is 10.6. The average Bonchev–Trinajstić information content (AvgIpc) is 2.56. The van der Waals surface area contributed by atoms with Gasteiger partial charge in [-0.3, -0.25) is 0 Å². The Labute approximate surface area is 139 Å². The monoisotopic (exact) mass is 321 g/mol. The molecule has 0 saturated carbocycles. The standard InChI is InChI=1S/C19H29O4/c20-15-9-7-5-3-1-2-4-6-8-10-16-23-18-13-11-17(12-14-18)19(21)22/h11-14,20H,1-10,15-16H2. The number of unbranched alkanes of at least 4 members (excludes halogenated alkanes) is 9. The zero-order chi connectivity index (χ0) is 16.8. The lowest BCUT2D eigenvalue weighted by Gasteiger charge is -2.06. The van der Waals surface area contributed by atoms with Gasteiger partial charge in [0.15, 0.2) is 0 Å². The van der Waals surface area contributed by atoms with Gasteiger partial charge >= 0.3 is 5.97 Å². The molecule has 0 aromatic heterocycles. The van der Waals surface area contributed by atoms with Gasteiger partial charge in [-0.25, -0.2) is 9.90 Å². The van der Waals surface area contributed by atoms with Crippen molar-refractivity contribution >= 4 is 5.97 Å². The number of ether oxygens (including phenoxy) is 1. The van der Waals surface area contributed by atoms with E-state index >= 15 is 0 Å². The van der Waals surface area contributed by atoms with E-state index in [1.807, 2.05) is 0 Å². The largest absolute Gasteiger partial charge is 0.494 e. The number of rotatable bonds is 14. The van der Waals surface area contributed by atoms with Crippen LogP contribution in [0.15, 0.2) is 24.3 Å². The van der Waals surface area contributed by atoms with E-state index in [2.05, 4.69) is 0 Å². The summed E-state index contributed by atoms with van der Waals surface area (Å²) < 4.78 is 5.59. The first-order valence-electron chi connectivity index (χ1n) is 8.79. The Balaban J connectivity index is 1.90. The second-order valence-electron chi connectivity index (χ2n) is 5.92. The molecular weight excluding hydrogens is 292 g/mol. The van der Waals surface area contributed by atoms with Crippen molar-refractivity contribution in [1.82, 2.24) is 0 Å². The Morgan fingerprint density at radius 1 is 0.783 bits per heavy atom. The number of carbonyl (C=O) groups is 1. The summed E-state index contributed by atoms with van der Waals surface area (Å²) in [6.45, 7) is 0.995. The maximum atomic E-state index is 10.6. The fourth-order valence-electron chi connectivity index (χ4n) is 2.51. The van der Waals surface area contributed by atoms with Crippen molar-refractivity contribution in [2.24, 2.45) is 0 Å². The number of hydrogen-bond acceptors (Lipinski definition) is 3. The lowest BCUT2D eigenvalue weighted by Crippen LogP contribution is -1.98. The minimum atomic E-state index is -1.16. The van der Waals surface area contributed by atoms with Crippen LogP contribution in [0.5, 0.6) is 5.75 Å². The molecule has 23 heavy (non-hydrogen) atoms. The highest BCUT2D eigenvalue weighted by atomic mass is 16.5. The minimum Gasteiger partial charge on any atom is -0.494 e. The predicted octanol–water partition coefficient (Wildman–Crippen LogP) is 4.53. The Kier molecular flexibility index (Phi) is 11.0. The van der Waals surface area contributed by atoms with E-state index in [1.165, 1.54) is 57.1 Å². The van der Waals surface area contributed by atoms with Crippen molar-refractivity contribution in [3.8, 4) is 5.75 Å². The first-order chi connectivity index (χ1) is 11.2. The molecule has 1 aromatic rings. The van der Waals surface area contributed by atoms with E-state index in [1.54, 1.807) is 12.1 Å². The summed E-state index contributed by atoms with van der Waals surface area (Å²) in [6.07, 6.45) is 11.9. The molecule has 0 aliphatic rings. The Hall–Kier alpha value is -1.55. The maximum absolute atomic E-state index is 10.6. The molecule has 1 N–H and O–H groups in total. The van der Waals surface area contributed by atoms with Gasteiger partial charge in [0.05, 0.1) is 12.2 Å². The summed E-state index contributed by atoms with van der Waals surface area (Å²) in [5, 5.41) is 19.3. The molecule has 0 bridgehead atoms. The van der Waals surface area contributed by atoms with Crippen molar-refractivity contribution in [2.45, 2.75) is 64.2 Å². The molecule has 0 amide bonds. The summed E-state index contributed by atoms with van der Waals surface area (Å²) >= 11 is 0. The van der Waals surface area contributed by atoms with Crippen LogP contribution in [-0.2, 0) is 5.11 Å². The molecule has 1 aromatic carbocycles. The molecule has 1 radical (unpaired) electrons. The van der Waals surface area contributed by atoms with E-state index in [0.717, 1.165) is 19.3 Å². The molecule has 0 unspecified atom stereocenters. The van der Waals surface area contributed by atoms with E-state index in [0.29, 0.717) is 19.0 Å². The third-order valence-electron chi connectivity index (χ3n) is 3.91. The number of hydrogen-bond donors (Lipinski definition) is 1. The number of carbonyl (C=O) groups excluding carboxylic acids is 1. The summed E-state index contributed by atoms with van der Waals surface area (Å²) in [5.41, 5.74) is 0.175. The molecule has 4 nitrogen and oxygen atoms in total. The van der Waals surface area contributed by atoms with Gasteiger partial charge in [0.25, 0.3) is 0 Å². The number of aliphatic hydroxyl groups is 1. The number of aliphatic hydroxyl groups excluding tert-OH is 1. The van der Waals surface area contributed by atoms with Crippen LogP contribution in [0.4, 0.5) is 0 Å². The SMILES string of the molecule is [O]C(=O)c1ccc(OCCCCCCCCCCCCO)cc1. The Morgan fingerprint density at radius 3 is 1.74 bits per heavy atom. The van der Waals surface area contributed by atoms with Gasteiger partial charge in [-0.2, -0.15) is 0 Å².